The molecule has 5 aromatic rings. The van der Waals surface area contributed by atoms with Gasteiger partial charge in [-0.05, 0) is 25.1 Å². The lowest BCUT2D eigenvalue weighted by molar-refractivity contribution is 0.936. The Morgan fingerprint density at radius 3 is 2.76 bits per heavy atom. The van der Waals surface area contributed by atoms with E-state index in [0.717, 1.165) is 33.8 Å². The van der Waals surface area contributed by atoms with Crippen molar-refractivity contribution >= 4 is 68.5 Å². The molecule has 0 aliphatic heterocycles. The molecule has 0 aliphatic rings. The van der Waals surface area contributed by atoms with Crippen molar-refractivity contribution < 1.29 is 0 Å². The topological polar surface area (TPSA) is 70.9 Å². The molecule has 29 heavy (non-hydrogen) atoms. The van der Waals surface area contributed by atoms with E-state index in [1.54, 1.807) is 40.2 Å². The SMILES string of the molecule is Cc1cc(-c2cnc3c(NCc4nc5cc(Cl)c(Cl)cc5[nH]4)cc(Cl)nn23)cs1. The third-order valence-corrected chi connectivity index (χ3v) is 6.25. The van der Waals surface area contributed by atoms with E-state index in [4.69, 9.17) is 34.8 Å². The summed E-state index contributed by atoms with van der Waals surface area (Å²) in [4.78, 5) is 13.6. The van der Waals surface area contributed by atoms with E-state index in [0.29, 0.717) is 27.4 Å². The van der Waals surface area contributed by atoms with E-state index < -0.39 is 0 Å². The average Bonchev–Trinajstić information content (AvgIpc) is 3.38. The van der Waals surface area contributed by atoms with Gasteiger partial charge in [-0.3, -0.25) is 0 Å². The minimum absolute atomic E-state index is 0.370. The van der Waals surface area contributed by atoms with Crippen LogP contribution < -0.4 is 5.32 Å². The summed E-state index contributed by atoms with van der Waals surface area (Å²) in [7, 11) is 0. The van der Waals surface area contributed by atoms with Gasteiger partial charge in [0, 0.05) is 21.9 Å². The van der Waals surface area contributed by atoms with Crippen LogP contribution in [0.1, 0.15) is 10.7 Å². The Labute approximate surface area is 184 Å². The summed E-state index contributed by atoms with van der Waals surface area (Å²) in [6, 6.07) is 7.36. The normalized spacial score (nSPS) is 11.6. The van der Waals surface area contributed by atoms with Crippen LogP contribution in [0.15, 0.2) is 35.8 Å². The molecule has 10 heteroatoms. The number of rotatable bonds is 4. The van der Waals surface area contributed by atoms with Crippen molar-refractivity contribution in [1.82, 2.24) is 24.6 Å². The number of aryl methyl sites for hydroxylation is 1. The number of aromatic nitrogens is 5. The van der Waals surface area contributed by atoms with E-state index >= 15 is 0 Å². The Balaban J connectivity index is 1.48. The summed E-state index contributed by atoms with van der Waals surface area (Å²) in [5.41, 5.74) is 4.99. The van der Waals surface area contributed by atoms with Crippen LogP contribution in [0.4, 0.5) is 5.69 Å². The van der Waals surface area contributed by atoms with Gasteiger partial charge in [-0.25, -0.2) is 14.5 Å². The predicted molar refractivity (Wildman–Crippen MR) is 119 cm³/mol. The first-order valence-corrected chi connectivity index (χ1v) is 10.7. The van der Waals surface area contributed by atoms with Gasteiger partial charge in [-0.15, -0.1) is 11.3 Å². The molecule has 5 rings (SSSR count). The highest BCUT2D eigenvalue weighted by Gasteiger charge is 2.14. The number of halogens is 3. The second-order valence-corrected chi connectivity index (χ2v) is 8.84. The van der Waals surface area contributed by atoms with Gasteiger partial charge >= 0.3 is 0 Å². The summed E-state index contributed by atoms with van der Waals surface area (Å²) in [6.07, 6.45) is 1.80. The molecule has 4 heterocycles. The molecule has 0 spiro atoms. The molecule has 0 atom stereocenters. The van der Waals surface area contributed by atoms with Crippen molar-refractivity contribution in [3.63, 3.8) is 0 Å². The van der Waals surface area contributed by atoms with E-state index in [9.17, 15) is 0 Å². The van der Waals surface area contributed by atoms with Crippen molar-refractivity contribution in [3.05, 3.63) is 61.7 Å². The second-order valence-electron chi connectivity index (χ2n) is 6.53. The van der Waals surface area contributed by atoms with Crippen molar-refractivity contribution in [2.45, 2.75) is 13.5 Å². The number of imidazole rings is 2. The third kappa shape index (κ3) is 3.44. The lowest BCUT2D eigenvalue weighted by atomic mass is 10.2. The molecule has 4 aromatic heterocycles. The third-order valence-electron chi connectivity index (χ3n) is 4.48. The largest absolute Gasteiger partial charge is 0.375 e. The summed E-state index contributed by atoms with van der Waals surface area (Å²) >= 11 is 20.1. The molecule has 1 aromatic carbocycles. The first-order chi connectivity index (χ1) is 14.0. The van der Waals surface area contributed by atoms with Crippen molar-refractivity contribution in [2.75, 3.05) is 5.32 Å². The average molecular weight is 464 g/mol. The molecular weight excluding hydrogens is 451 g/mol. The van der Waals surface area contributed by atoms with E-state index in [2.05, 4.69) is 43.7 Å². The Bertz CT molecular complexity index is 1330. The molecule has 0 fully saturated rings. The Hall–Kier alpha value is -2.32. The smallest absolute Gasteiger partial charge is 0.177 e. The zero-order valence-electron chi connectivity index (χ0n) is 15.0. The van der Waals surface area contributed by atoms with Crippen molar-refractivity contribution in [1.29, 1.82) is 0 Å². The Morgan fingerprint density at radius 2 is 1.97 bits per heavy atom. The van der Waals surface area contributed by atoms with Gasteiger partial charge in [-0.2, -0.15) is 5.10 Å². The maximum atomic E-state index is 6.28. The van der Waals surface area contributed by atoms with Crippen molar-refractivity contribution in [3.8, 4) is 11.3 Å². The summed E-state index contributed by atoms with van der Waals surface area (Å²) in [5.74, 6) is 0.740. The number of fused-ring (bicyclic) bond motifs is 2. The van der Waals surface area contributed by atoms with Crippen LogP contribution in [-0.4, -0.2) is 24.6 Å². The molecule has 0 aliphatic carbocycles. The van der Waals surface area contributed by atoms with Crippen LogP contribution in [0, 0.1) is 6.92 Å². The molecule has 0 amide bonds. The number of nitrogens with one attached hydrogen (secondary N) is 2. The zero-order valence-corrected chi connectivity index (χ0v) is 18.1. The Kier molecular flexibility index (Phi) is 4.63. The van der Waals surface area contributed by atoms with Gasteiger partial charge in [-0.1, -0.05) is 34.8 Å². The summed E-state index contributed by atoms with van der Waals surface area (Å²) in [6.45, 7) is 2.51. The molecule has 0 saturated heterocycles. The van der Waals surface area contributed by atoms with Crippen LogP contribution in [0.2, 0.25) is 15.2 Å². The minimum atomic E-state index is 0.370. The molecule has 0 saturated carbocycles. The standard InChI is InChI=1S/C19H13Cl3N6S/c1-9-2-10(8-29-9)16-6-24-19-15(5-17(22)27-28(16)19)23-7-18-25-13-3-11(20)12(21)4-14(13)26-18/h2-6,8,23H,7H2,1H3,(H,25,26). The number of anilines is 1. The van der Waals surface area contributed by atoms with Crippen LogP contribution in [0.5, 0.6) is 0 Å². The number of H-pyrrole nitrogens is 1. The minimum Gasteiger partial charge on any atom is -0.375 e. The fourth-order valence-corrected chi connectivity index (χ4v) is 4.37. The highest BCUT2D eigenvalue weighted by atomic mass is 35.5. The van der Waals surface area contributed by atoms with Crippen LogP contribution in [-0.2, 0) is 6.54 Å². The maximum Gasteiger partial charge on any atom is 0.177 e. The van der Waals surface area contributed by atoms with Crippen LogP contribution in [0.25, 0.3) is 27.9 Å². The van der Waals surface area contributed by atoms with Gasteiger partial charge in [0.1, 0.15) is 5.82 Å². The lowest BCUT2D eigenvalue weighted by Gasteiger charge is -2.07. The first-order valence-electron chi connectivity index (χ1n) is 8.65. The second kappa shape index (κ2) is 7.18. The zero-order chi connectivity index (χ0) is 20.1. The van der Waals surface area contributed by atoms with Crippen LogP contribution >= 0.6 is 46.1 Å². The molecular formula is C19H13Cl3N6S. The predicted octanol–water partition coefficient (Wildman–Crippen LogP) is 6.21. The van der Waals surface area contributed by atoms with Gasteiger partial charge in [0.05, 0.1) is 45.2 Å². The molecule has 0 bridgehead atoms. The van der Waals surface area contributed by atoms with Gasteiger partial charge in [0.25, 0.3) is 0 Å². The van der Waals surface area contributed by atoms with Crippen LogP contribution in [0.3, 0.4) is 0 Å². The van der Waals surface area contributed by atoms with Gasteiger partial charge < -0.3 is 10.3 Å². The molecule has 0 radical (unpaired) electrons. The van der Waals surface area contributed by atoms with Gasteiger partial charge in [0.15, 0.2) is 10.8 Å². The highest BCUT2D eigenvalue weighted by molar-refractivity contribution is 7.10. The van der Waals surface area contributed by atoms with Crippen molar-refractivity contribution in [2.24, 2.45) is 0 Å². The summed E-state index contributed by atoms with van der Waals surface area (Å²) < 4.78 is 1.75. The molecule has 0 unspecified atom stereocenters. The van der Waals surface area contributed by atoms with Gasteiger partial charge in [0.2, 0.25) is 0 Å². The first kappa shape index (κ1) is 18.7. The number of nitrogens with zero attached hydrogens (tertiary/aromatic N) is 4. The summed E-state index contributed by atoms with van der Waals surface area (Å²) in [5, 5.41) is 11.2. The molecule has 6 nitrogen and oxygen atoms in total. The van der Waals surface area contributed by atoms with E-state index in [1.807, 2.05) is 0 Å². The van der Waals surface area contributed by atoms with E-state index in [1.165, 1.54) is 4.88 Å². The number of aromatic amines is 1. The monoisotopic (exact) mass is 462 g/mol. The quantitative estimate of drug-likeness (QED) is 0.332. The van der Waals surface area contributed by atoms with E-state index in [-0.39, 0.29) is 0 Å². The number of hydrogen-bond acceptors (Lipinski definition) is 5. The highest BCUT2D eigenvalue weighted by Crippen LogP contribution is 2.29. The molecule has 146 valence electrons. The fraction of sp³-hybridized carbons (Fsp3) is 0.105. The fourth-order valence-electron chi connectivity index (χ4n) is 3.16. The molecule has 2 N–H and O–H groups in total. The number of hydrogen-bond donors (Lipinski definition) is 2. The maximum absolute atomic E-state index is 6.28. The lowest BCUT2D eigenvalue weighted by Crippen LogP contribution is -2.05. The Morgan fingerprint density at radius 1 is 1.14 bits per heavy atom. The number of thiophene rings is 1. The number of benzene rings is 1.